The Morgan fingerprint density at radius 3 is 2.64 bits per heavy atom. The predicted molar refractivity (Wildman–Crippen MR) is 48.9 cm³/mol. The molecule has 0 saturated carbocycles. The van der Waals surface area contributed by atoms with Gasteiger partial charge in [-0.15, -0.1) is 0 Å². The van der Waals surface area contributed by atoms with Gasteiger partial charge in [-0.3, -0.25) is 0 Å². The van der Waals surface area contributed by atoms with Crippen LogP contribution in [-0.4, -0.2) is 12.0 Å². The Hall–Kier alpha value is 0.130. The van der Waals surface area contributed by atoms with Crippen molar-refractivity contribution in [1.82, 2.24) is 5.32 Å². The minimum absolute atomic E-state index is 0.0919. The first-order chi connectivity index (χ1) is 4.93. The first kappa shape index (κ1) is 9.22. The third-order valence-electron chi connectivity index (χ3n) is 1.81. The molecule has 1 atom stereocenters. The molecule has 1 unspecified atom stereocenters. The molecule has 1 aliphatic heterocycles. The molecule has 1 aliphatic rings. The molecule has 1 N–H and O–H groups in total. The predicted octanol–water partition coefficient (Wildman–Crippen LogP) is 2.67. The van der Waals surface area contributed by atoms with Crippen LogP contribution < -0.4 is 5.32 Å². The SMILES string of the molecule is CC1=C(I)NC(C)CC1(F)F. The standard InChI is InChI=1S/C7H10F2IN/c1-4-3-7(8,9)5(2)6(10)11-4/h4,11H,3H2,1-2H3. The van der Waals surface area contributed by atoms with Gasteiger partial charge in [0.05, 0.1) is 3.70 Å². The number of hydrogen-bond acceptors (Lipinski definition) is 1. The summed E-state index contributed by atoms with van der Waals surface area (Å²) in [5, 5.41) is 2.97. The molecule has 0 aromatic heterocycles. The van der Waals surface area contributed by atoms with Crippen LogP contribution in [0.25, 0.3) is 0 Å². The van der Waals surface area contributed by atoms with Crippen molar-refractivity contribution < 1.29 is 8.78 Å². The maximum absolute atomic E-state index is 13.0. The average Bonchev–Trinajstić information content (AvgIpc) is 1.81. The minimum atomic E-state index is -2.61. The van der Waals surface area contributed by atoms with Crippen LogP contribution >= 0.6 is 22.6 Å². The van der Waals surface area contributed by atoms with E-state index in [1.54, 1.807) is 6.92 Å². The second kappa shape index (κ2) is 2.88. The van der Waals surface area contributed by atoms with Crippen molar-refractivity contribution in [2.24, 2.45) is 0 Å². The highest BCUT2D eigenvalue weighted by atomic mass is 127. The molecule has 0 spiro atoms. The molecule has 11 heavy (non-hydrogen) atoms. The van der Waals surface area contributed by atoms with Crippen LogP contribution in [-0.2, 0) is 0 Å². The third kappa shape index (κ3) is 1.83. The van der Waals surface area contributed by atoms with Crippen LogP contribution in [0, 0.1) is 0 Å². The molecular formula is C7H10F2IN. The topological polar surface area (TPSA) is 12.0 Å². The number of allylic oxidation sites excluding steroid dienone is 1. The first-order valence-corrected chi connectivity index (χ1v) is 4.52. The molecule has 0 aliphatic carbocycles. The van der Waals surface area contributed by atoms with E-state index < -0.39 is 5.92 Å². The largest absolute Gasteiger partial charge is 0.377 e. The average molecular weight is 273 g/mol. The number of hydrogen-bond donors (Lipinski definition) is 1. The van der Waals surface area contributed by atoms with Gasteiger partial charge in [0.1, 0.15) is 0 Å². The minimum Gasteiger partial charge on any atom is -0.377 e. The fourth-order valence-corrected chi connectivity index (χ4v) is 2.00. The van der Waals surface area contributed by atoms with Crippen LogP contribution in [0.4, 0.5) is 8.78 Å². The summed E-state index contributed by atoms with van der Waals surface area (Å²) in [4.78, 5) is 0. The Balaban J connectivity index is 2.93. The zero-order chi connectivity index (χ0) is 8.65. The van der Waals surface area contributed by atoms with E-state index >= 15 is 0 Å². The van der Waals surface area contributed by atoms with Crippen LogP contribution in [0.1, 0.15) is 20.3 Å². The Labute approximate surface area is 78.4 Å². The van der Waals surface area contributed by atoms with Crippen molar-refractivity contribution in [3.63, 3.8) is 0 Å². The molecule has 0 fully saturated rings. The van der Waals surface area contributed by atoms with E-state index in [1.165, 1.54) is 6.92 Å². The molecule has 0 amide bonds. The highest BCUT2D eigenvalue weighted by Crippen LogP contribution is 2.35. The maximum atomic E-state index is 13.0. The van der Waals surface area contributed by atoms with Gasteiger partial charge in [0.15, 0.2) is 0 Å². The lowest BCUT2D eigenvalue weighted by molar-refractivity contribution is 0.0171. The summed E-state index contributed by atoms with van der Waals surface area (Å²) in [5.41, 5.74) is 0.163. The van der Waals surface area contributed by atoms with Crippen molar-refractivity contribution in [2.75, 3.05) is 0 Å². The van der Waals surface area contributed by atoms with E-state index in [9.17, 15) is 8.78 Å². The molecule has 1 nitrogen and oxygen atoms in total. The molecule has 1 heterocycles. The molecule has 0 radical (unpaired) electrons. The molecule has 0 saturated heterocycles. The molecule has 64 valence electrons. The van der Waals surface area contributed by atoms with E-state index in [0.29, 0.717) is 3.70 Å². The van der Waals surface area contributed by atoms with Crippen molar-refractivity contribution in [2.45, 2.75) is 32.2 Å². The highest BCUT2D eigenvalue weighted by molar-refractivity contribution is 14.1. The second-order valence-electron chi connectivity index (χ2n) is 2.89. The number of nitrogens with one attached hydrogen (secondary N) is 1. The molecule has 1 rings (SSSR count). The number of alkyl halides is 2. The third-order valence-corrected chi connectivity index (χ3v) is 2.93. The first-order valence-electron chi connectivity index (χ1n) is 3.44. The summed E-state index contributed by atoms with van der Waals surface area (Å²) >= 11 is 1.91. The number of rotatable bonds is 0. The van der Waals surface area contributed by atoms with Crippen LogP contribution in [0.5, 0.6) is 0 Å². The Bertz CT molecular complexity index is 201. The molecule has 0 aromatic carbocycles. The van der Waals surface area contributed by atoms with Gasteiger partial charge in [0, 0.05) is 18.0 Å². The summed E-state index contributed by atoms with van der Waals surface area (Å²) in [6, 6.07) is -0.124. The second-order valence-corrected chi connectivity index (χ2v) is 3.97. The van der Waals surface area contributed by atoms with Gasteiger partial charge in [-0.25, -0.2) is 8.78 Å². The van der Waals surface area contributed by atoms with Gasteiger partial charge in [-0.05, 0) is 36.4 Å². The summed E-state index contributed by atoms with van der Waals surface area (Å²) in [7, 11) is 0. The summed E-state index contributed by atoms with van der Waals surface area (Å²) in [5.74, 6) is -2.61. The van der Waals surface area contributed by atoms with Crippen molar-refractivity contribution in [3.05, 3.63) is 9.28 Å². The van der Waals surface area contributed by atoms with Gasteiger partial charge in [0.25, 0.3) is 5.92 Å². The van der Waals surface area contributed by atoms with E-state index in [4.69, 9.17) is 0 Å². The molecule has 0 aromatic rings. The Morgan fingerprint density at radius 1 is 1.64 bits per heavy atom. The monoisotopic (exact) mass is 273 g/mol. The molecule has 0 bridgehead atoms. The van der Waals surface area contributed by atoms with E-state index in [0.717, 1.165) is 0 Å². The normalized spacial score (nSPS) is 30.1. The smallest absolute Gasteiger partial charge is 0.273 e. The number of halogens is 3. The summed E-state index contributed by atoms with van der Waals surface area (Å²) in [6.07, 6.45) is -0.0919. The summed E-state index contributed by atoms with van der Waals surface area (Å²) in [6.45, 7) is 3.24. The lowest BCUT2D eigenvalue weighted by Crippen LogP contribution is -2.38. The zero-order valence-electron chi connectivity index (χ0n) is 6.42. The molecular weight excluding hydrogens is 263 g/mol. The summed E-state index contributed by atoms with van der Waals surface area (Å²) < 4.78 is 26.6. The van der Waals surface area contributed by atoms with E-state index in [-0.39, 0.29) is 18.0 Å². The Morgan fingerprint density at radius 2 is 2.18 bits per heavy atom. The van der Waals surface area contributed by atoms with Gasteiger partial charge < -0.3 is 5.32 Å². The zero-order valence-corrected chi connectivity index (χ0v) is 8.58. The van der Waals surface area contributed by atoms with Crippen LogP contribution in [0.3, 0.4) is 0 Å². The van der Waals surface area contributed by atoms with Gasteiger partial charge in [-0.1, -0.05) is 0 Å². The quantitative estimate of drug-likeness (QED) is 0.528. The van der Waals surface area contributed by atoms with Crippen molar-refractivity contribution in [1.29, 1.82) is 0 Å². The van der Waals surface area contributed by atoms with E-state index in [1.807, 2.05) is 22.6 Å². The fourth-order valence-electron chi connectivity index (χ4n) is 1.07. The van der Waals surface area contributed by atoms with Gasteiger partial charge in [-0.2, -0.15) is 0 Å². The van der Waals surface area contributed by atoms with Gasteiger partial charge >= 0.3 is 0 Å². The lowest BCUT2D eigenvalue weighted by Gasteiger charge is -2.29. The lowest BCUT2D eigenvalue weighted by atomic mass is 10.0. The van der Waals surface area contributed by atoms with Crippen molar-refractivity contribution >= 4 is 22.6 Å². The maximum Gasteiger partial charge on any atom is 0.273 e. The Kier molecular flexibility index (Phi) is 2.41. The van der Waals surface area contributed by atoms with Crippen molar-refractivity contribution in [3.8, 4) is 0 Å². The van der Waals surface area contributed by atoms with Crippen LogP contribution in [0.15, 0.2) is 9.28 Å². The van der Waals surface area contributed by atoms with Gasteiger partial charge in [0.2, 0.25) is 0 Å². The molecule has 4 heteroatoms. The fraction of sp³-hybridized carbons (Fsp3) is 0.714. The van der Waals surface area contributed by atoms with E-state index in [2.05, 4.69) is 5.32 Å². The highest BCUT2D eigenvalue weighted by Gasteiger charge is 2.38. The van der Waals surface area contributed by atoms with Crippen LogP contribution in [0.2, 0.25) is 0 Å².